The first-order valence-electron chi connectivity index (χ1n) is 9.10. The number of hydrogen-bond acceptors (Lipinski definition) is 7. The molecule has 13 heteroatoms. The van der Waals surface area contributed by atoms with Gasteiger partial charge in [0.25, 0.3) is 5.91 Å². The van der Waals surface area contributed by atoms with Crippen molar-refractivity contribution in [2.45, 2.75) is 25.4 Å². The number of aliphatic carboxylic acids is 1. The topological polar surface area (TPSA) is 153 Å². The third-order valence-corrected chi connectivity index (χ3v) is 7.81. The monoisotopic (exact) mass is 592 g/mol. The molecule has 1 aromatic carbocycles. The van der Waals surface area contributed by atoms with E-state index in [0.29, 0.717) is 30.2 Å². The molecule has 0 radical (unpaired) electrons. The summed E-state index contributed by atoms with van der Waals surface area (Å²) in [7, 11) is 0. The number of anilines is 1. The van der Waals surface area contributed by atoms with Crippen molar-refractivity contribution in [3.8, 4) is 0 Å². The van der Waals surface area contributed by atoms with Gasteiger partial charge in [0.1, 0.15) is 5.00 Å². The molecule has 4 rings (SSSR count). The first-order chi connectivity index (χ1) is 15.1. The summed E-state index contributed by atoms with van der Waals surface area (Å²) in [5, 5.41) is 31.5. The van der Waals surface area contributed by atoms with E-state index >= 15 is 0 Å². The standard InChI is InChI=1S/C19H14ClIN2O8S/c20-10-2-7-8(3-11(10)21)17(26)23(16(7)25)4-6-1-9-12(5-31-6)32-15(13(9)18(27)28)22-14(24)19(29)30/h2-3,6,17,26H,1,4-5H2,(H,22,24)(H,27,28)(H,29,30). The number of carbonyl (C=O) groups is 4. The Morgan fingerprint density at radius 2 is 2.03 bits per heavy atom. The van der Waals surface area contributed by atoms with Crippen LogP contribution in [0.25, 0.3) is 0 Å². The van der Waals surface area contributed by atoms with Gasteiger partial charge in [-0.2, -0.15) is 0 Å². The van der Waals surface area contributed by atoms with Crippen LogP contribution in [0.5, 0.6) is 0 Å². The molecule has 2 aromatic rings. The summed E-state index contributed by atoms with van der Waals surface area (Å²) in [6.45, 7) is 0.0106. The highest BCUT2D eigenvalue weighted by Gasteiger charge is 2.39. The number of halogens is 2. The lowest BCUT2D eigenvalue weighted by atomic mass is 10.0. The summed E-state index contributed by atoms with van der Waals surface area (Å²) in [5.41, 5.74) is 0.919. The zero-order valence-electron chi connectivity index (χ0n) is 15.9. The van der Waals surface area contributed by atoms with Crippen LogP contribution >= 0.6 is 45.5 Å². The Morgan fingerprint density at radius 1 is 1.31 bits per heavy atom. The van der Waals surface area contributed by atoms with Gasteiger partial charge in [-0.25, -0.2) is 9.59 Å². The molecule has 0 saturated carbocycles. The maximum absolute atomic E-state index is 12.8. The zero-order chi connectivity index (χ0) is 23.3. The Bertz CT molecular complexity index is 1180. The van der Waals surface area contributed by atoms with Crippen molar-refractivity contribution in [1.82, 2.24) is 4.90 Å². The van der Waals surface area contributed by atoms with E-state index in [1.54, 1.807) is 6.07 Å². The van der Waals surface area contributed by atoms with E-state index in [4.69, 9.17) is 21.4 Å². The van der Waals surface area contributed by atoms with E-state index < -0.39 is 36.1 Å². The second-order valence-electron chi connectivity index (χ2n) is 7.09. The number of benzene rings is 1. The van der Waals surface area contributed by atoms with Crippen LogP contribution < -0.4 is 5.32 Å². The number of fused-ring (bicyclic) bond motifs is 2. The van der Waals surface area contributed by atoms with Crippen LogP contribution in [0, 0.1) is 3.57 Å². The predicted octanol–water partition coefficient (Wildman–Crippen LogP) is 2.32. The lowest BCUT2D eigenvalue weighted by Gasteiger charge is -2.29. The summed E-state index contributed by atoms with van der Waals surface area (Å²) in [6.07, 6.45) is -1.72. The second kappa shape index (κ2) is 8.59. The number of rotatable bonds is 4. The minimum absolute atomic E-state index is 0.00591. The van der Waals surface area contributed by atoms with Gasteiger partial charge in [-0.15, -0.1) is 11.3 Å². The van der Waals surface area contributed by atoms with Gasteiger partial charge in [-0.1, -0.05) is 11.6 Å². The number of amides is 2. The van der Waals surface area contributed by atoms with E-state index in [1.165, 1.54) is 11.0 Å². The first kappa shape index (κ1) is 22.9. The highest BCUT2D eigenvalue weighted by molar-refractivity contribution is 14.1. The van der Waals surface area contributed by atoms with Crippen LogP contribution in [0.3, 0.4) is 0 Å². The van der Waals surface area contributed by atoms with Crippen molar-refractivity contribution >= 4 is 74.3 Å². The van der Waals surface area contributed by atoms with Gasteiger partial charge in [0.2, 0.25) is 0 Å². The Labute approximate surface area is 202 Å². The molecular weight excluding hydrogens is 579 g/mol. The van der Waals surface area contributed by atoms with Crippen LogP contribution in [-0.4, -0.2) is 56.6 Å². The molecule has 32 heavy (non-hydrogen) atoms. The molecule has 3 heterocycles. The molecule has 2 atom stereocenters. The van der Waals surface area contributed by atoms with Crippen molar-refractivity contribution in [2.75, 3.05) is 11.9 Å². The summed E-state index contributed by atoms with van der Waals surface area (Å²) in [6, 6.07) is 3.14. The van der Waals surface area contributed by atoms with E-state index in [0.717, 1.165) is 11.3 Å². The number of nitrogens with zero attached hydrogens (tertiary/aromatic N) is 1. The van der Waals surface area contributed by atoms with Gasteiger partial charge in [0.05, 0.1) is 29.8 Å². The molecule has 10 nitrogen and oxygen atoms in total. The summed E-state index contributed by atoms with van der Waals surface area (Å²) < 4.78 is 6.46. The number of carboxylic acids is 2. The normalized spacial score (nSPS) is 19.5. The molecule has 2 amide bonds. The molecule has 168 valence electrons. The Hall–Kier alpha value is -2.26. The molecule has 0 fully saturated rings. The van der Waals surface area contributed by atoms with Gasteiger partial charge >= 0.3 is 17.8 Å². The number of aliphatic hydroxyl groups excluding tert-OH is 1. The van der Waals surface area contributed by atoms with Gasteiger partial charge < -0.3 is 30.3 Å². The molecule has 0 bridgehead atoms. The molecule has 0 saturated heterocycles. The highest BCUT2D eigenvalue weighted by atomic mass is 127. The number of thiophene rings is 1. The maximum Gasteiger partial charge on any atom is 0.394 e. The van der Waals surface area contributed by atoms with Crippen molar-refractivity contribution < 1.29 is 39.2 Å². The molecule has 0 aliphatic carbocycles. The molecule has 4 N–H and O–H groups in total. The Kier molecular flexibility index (Phi) is 6.15. The fourth-order valence-corrected chi connectivity index (χ4v) is 5.50. The van der Waals surface area contributed by atoms with Crippen LogP contribution in [0.2, 0.25) is 5.02 Å². The molecule has 0 spiro atoms. The minimum atomic E-state index is -1.74. The summed E-state index contributed by atoms with van der Waals surface area (Å²) in [5.74, 6) is -4.82. The summed E-state index contributed by atoms with van der Waals surface area (Å²) >= 11 is 9.03. The van der Waals surface area contributed by atoms with E-state index in [1.807, 2.05) is 22.6 Å². The lowest BCUT2D eigenvalue weighted by molar-refractivity contribution is -0.147. The van der Waals surface area contributed by atoms with Crippen molar-refractivity contribution in [1.29, 1.82) is 0 Å². The molecular formula is C19H14ClIN2O8S. The number of nitrogens with one attached hydrogen (secondary N) is 1. The third-order valence-electron chi connectivity index (χ3n) is 5.17. The van der Waals surface area contributed by atoms with Crippen LogP contribution in [0.15, 0.2) is 12.1 Å². The number of carbonyl (C=O) groups excluding carboxylic acids is 2. The fraction of sp³-hybridized carbons (Fsp3) is 0.263. The van der Waals surface area contributed by atoms with Crippen molar-refractivity contribution in [3.05, 3.63) is 47.9 Å². The molecule has 2 aliphatic heterocycles. The van der Waals surface area contributed by atoms with Crippen molar-refractivity contribution in [2.24, 2.45) is 0 Å². The molecule has 1 aromatic heterocycles. The average molecular weight is 593 g/mol. The smallest absolute Gasteiger partial charge is 0.394 e. The van der Waals surface area contributed by atoms with Crippen LogP contribution in [0.1, 0.15) is 42.9 Å². The van der Waals surface area contributed by atoms with Gasteiger partial charge in [-0.05, 0) is 40.3 Å². The molecule has 2 unspecified atom stereocenters. The second-order valence-corrected chi connectivity index (χ2v) is 9.77. The fourth-order valence-electron chi connectivity index (χ4n) is 3.71. The third kappa shape index (κ3) is 3.96. The minimum Gasteiger partial charge on any atom is -0.478 e. The lowest BCUT2D eigenvalue weighted by Crippen LogP contribution is -2.39. The Balaban J connectivity index is 1.57. The predicted molar refractivity (Wildman–Crippen MR) is 120 cm³/mol. The van der Waals surface area contributed by atoms with Gasteiger partial charge in [0.15, 0.2) is 6.23 Å². The summed E-state index contributed by atoms with van der Waals surface area (Å²) in [4.78, 5) is 48.7. The van der Waals surface area contributed by atoms with Crippen molar-refractivity contribution in [3.63, 3.8) is 0 Å². The quantitative estimate of drug-likeness (QED) is 0.312. The van der Waals surface area contributed by atoms with E-state index in [-0.39, 0.29) is 30.1 Å². The highest BCUT2D eigenvalue weighted by Crippen LogP contribution is 2.40. The van der Waals surface area contributed by atoms with Gasteiger partial charge in [0, 0.05) is 26.0 Å². The van der Waals surface area contributed by atoms with E-state index in [2.05, 4.69) is 5.32 Å². The van der Waals surface area contributed by atoms with Crippen LogP contribution in [-0.2, 0) is 27.4 Å². The first-order valence-corrected chi connectivity index (χ1v) is 11.4. The van der Waals surface area contributed by atoms with E-state index in [9.17, 15) is 29.4 Å². The van der Waals surface area contributed by atoms with Gasteiger partial charge in [-0.3, -0.25) is 9.59 Å². The largest absolute Gasteiger partial charge is 0.478 e. The average Bonchev–Trinajstić information content (AvgIpc) is 3.19. The Morgan fingerprint density at radius 3 is 2.69 bits per heavy atom. The van der Waals surface area contributed by atoms with Crippen LogP contribution in [0.4, 0.5) is 5.00 Å². The number of aliphatic hydroxyl groups is 1. The SMILES string of the molecule is O=C(O)C(=O)Nc1sc2c(c1C(=O)O)CC(CN1C(=O)c3cc(Cl)c(I)cc3C1O)OC2. The number of carboxylic acid groups (broad SMARTS) is 2. The number of aromatic carboxylic acids is 1. The molecule has 2 aliphatic rings. The number of ether oxygens (including phenoxy) is 1. The zero-order valence-corrected chi connectivity index (χ0v) is 19.7. The maximum atomic E-state index is 12.8. The number of hydrogen-bond donors (Lipinski definition) is 4.